The third-order valence-corrected chi connectivity index (χ3v) is 12.2. The molecule has 0 aliphatic heterocycles. The molecule has 0 rings (SSSR count). The van der Waals surface area contributed by atoms with E-state index in [1.54, 1.807) is 6.08 Å². The fourth-order valence-corrected chi connectivity index (χ4v) is 8.18. The van der Waals surface area contributed by atoms with E-state index in [1.807, 2.05) is 0 Å². The first-order valence-corrected chi connectivity index (χ1v) is 25.6. The van der Waals surface area contributed by atoms with Crippen LogP contribution in [-0.2, 0) is 4.79 Å². The van der Waals surface area contributed by atoms with Gasteiger partial charge in [0.25, 0.3) is 0 Å². The van der Waals surface area contributed by atoms with Gasteiger partial charge >= 0.3 is 0 Å². The molecule has 5 N–H and O–H groups in total. The van der Waals surface area contributed by atoms with E-state index >= 15 is 0 Å². The number of carbonyl (C=O) groups is 1. The van der Waals surface area contributed by atoms with Crippen molar-refractivity contribution in [1.82, 2.24) is 5.32 Å². The Labute approximate surface area is 355 Å². The van der Waals surface area contributed by atoms with Crippen molar-refractivity contribution in [3.8, 4) is 0 Å². The van der Waals surface area contributed by atoms with E-state index in [2.05, 4.69) is 12.2 Å². The molecule has 1 amide bonds. The number of hydrogen-bond donors (Lipinski definition) is 5. The predicted molar refractivity (Wildman–Crippen MR) is 247 cm³/mol. The Balaban J connectivity index is 3.46. The fourth-order valence-electron chi connectivity index (χ4n) is 8.18. The van der Waals surface area contributed by atoms with E-state index in [4.69, 9.17) is 5.11 Å². The van der Waals surface area contributed by atoms with Gasteiger partial charge in [0.2, 0.25) is 5.91 Å². The molecule has 0 aliphatic rings. The summed E-state index contributed by atoms with van der Waals surface area (Å²) in [6.07, 6.45) is 55.3. The van der Waals surface area contributed by atoms with E-state index in [0.717, 1.165) is 38.5 Å². The first-order valence-electron chi connectivity index (χ1n) is 25.6. The normalized spacial score (nSPS) is 13.4. The maximum Gasteiger partial charge on any atom is 0.220 e. The van der Waals surface area contributed by atoms with Crippen LogP contribution in [0.5, 0.6) is 0 Å². The zero-order valence-electron chi connectivity index (χ0n) is 38.2. The third kappa shape index (κ3) is 44.4. The molecule has 0 saturated heterocycles. The Hall–Kier alpha value is -0.950. The van der Waals surface area contributed by atoms with Crippen LogP contribution in [0.25, 0.3) is 0 Å². The number of amides is 1. The minimum atomic E-state index is -1.01. The minimum Gasteiger partial charge on any atom is -0.396 e. The molecule has 0 spiro atoms. The average molecular weight is 808 g/mol. The summed E-state index contributed by atoms with van der Waals surface area (Å²) in [4.78, 5) is 12.4. The zero-order chi connectivity index (χ0) is 41.5. The van der Waals surface area contributed by atoms with Crippen molar-refractivity contribution in [3.05, 3.63) is 12.2 Å². The lowest BCUT2D eigenvalue weighted by atomic mass is 10.0. The van der Waals surface area contributed by atoms with E-state index in [1.165, 1.54) is 224 Å². The Morgan fingerprint density at radius 3 is 1.04 bits per heavy atom. The van der Waals surface area contributed by atoms with E-state index < -0.39 is 18.2 Å². The Bertz CT molecular complexity index is 806. The van der Waals surface area contributed by atoms with Crippen LogP contribution in [0.15, 0.2) is 12.2 Å². The van der Waals surface area contributed by atoms with Gasteiger partial charge in [-0.25, -0.2) is 0 Å². The lowest BCUT2D eigenvalue weighted by Gasteiger charge is -2.20. The van der Waals surface area contributed by atoms with Crippen molar-refractivity contribution in [2.75, 3.05) is 13.2 Å². The molecule has 0 aromatic heterocycles. The second kappa shape index (κ2) is 47.7. The number of hydrogen-bond acceptors (Lipinski definition) is 5. The van der Waals surface area contributed by atoms with Crippen molar-refractivity contribution in [1.29, 1.82) is 0 Å². The standard InChI is InChI=1S/C51H101NO5/c1-2-3-4-5-6-7-30-33-36-39-42-48(55)44-45-50(56)49(47-54)52-51(57)43-40-37-34-31-28-26-24-22-20-18-16-14-12-10-8-9-11-13-15-17-19-21-23-25-27-29-32-35-38-41-46-53/h44-45,48-50,53-56H,2-43,46-47H2,1H3,(H,52,57)/b45-44+/t48-,49+,50-/m1/s1. The van der Waals surface area contributed by atoms with Crippen LogP contribution in [0.1, 0.15) is 277 Å². The van der Waals surface area contributed by atoms with Gasteiger partial charge in [-0.3, -0.25) is 4.79 Å². The summed E-state index contributed by atoms with van der Waals surface area (Å²) in [6.45, 7) is 2.28. The van der Waals surface area contributed by atoms with Crippen LogP contribution < -0.4 is 5.32 Å². The molecule has 3 atom stereocenters. The smallest absolute Gasteiger partial charge is 0.220 e. The monoisotopic (exact) mass is 808 g/mol. The van der Waals surface area contributed by atoms with Crippen molar-refractivity contribution in [3.63, 3.8) is 0 Å². The van der Waals surface area contributed by atoms with Crippen LogP contribution in [0.4, 0.5) is 0 Å². The maximum absolute atomic E-state index is 12.4. The molecule has 0 bridgehead atoms. The predicted octanol–water partition coefficient (Wildman–Crippen LogP) is 14.1. The van der Waals surface area contributed by atoms with Crippen LogP contribution in [0.3, 0.4) is 0 Å². The number of nitrogens with one attached hydrogen (secondary N) is 1. The molecule has 57 heavy (non-hydrogen) atoms. The summed E-state index contributed by atoms with van der Waals surface area (Å²) >= 11 is 0. The van der Waals surface area contributed by atoms with Crippen molar-refractivity contribution < 1.29 is 25.2 Å². The topological polar surface area (TPSA) is 110 Å². The Kier molecular flexibility index (Phi) is 46.9. The summed E-state index contributed by atoms with van der Waals surface area (Å²) in [5.74, 6) is -0.126. The van der Waals surface area contributed by atoms with Gasteiger partial charge in [0.15, 0.2) is 0 Å². The van der Waals surface area contributed by atoms with Gasteiger partial charge < -0.3 is 25.7 Å². The highest BCUT2D eigenvalue weighted by Crippen LogP contribution is 2.17. The molecule has 0 unspecified atom stereocenters. The first kappa shape index (κ1) is 56.0. The van der Waals surface area contributed by atoms with E-state index in [9.17, 15) is 20.1 Å². The van der Waals surface area contributed by atoms with Gasteiger partial charge in [0.1, 0.15) is 0 Å². The summed E-state index contributed by atoms with van der Waals surface area (Å²) in [5, 5.41) is 42.1. The highest BCUT2D eigenvalue weighted by Gasteiger charge is 2.18. The zero-order valence-corrected chi connectivity index (χ0v) is 38.2. The summed E-state index contributed by atoms with van der Waals surface area (Å²) in [6, 6.07) is -0.742. The highest BCUT2D eigenvalue weighted by molar-refractivity contribution is 5.76. The number of rotatable bonds is 48. The van der Waals surface area contributed by atoms with Crippen LogP contribution >= 0.6 is 0 Å². The molecular formula is C51H101NO5. The number of aliphatic hydroxyl groups is 4. The molecule has 0 fully saturated rings. The number of carbonyl (C=O) groups excluding carboxylic acids is 1. The van der Waals surface area contributed by atoms with Gasteiger partial charge in [-0.15, -0.1) is 0 Å². The Morgan fingerprint density at radius 1 is 0.421 bits per heavy atom. The lowest BCUT2D eigenvalue weighted by Crippen LogP contribution is -2.45. The summed E-state index contributed by atoms with van der Waals surface area (Å²) < 4.78 is 0. The minimum absolute atomic E-state index is 0.126. The SMILES string of the molecule is CCCCCCCCCCCC[C@@H](O)/C=C/[C@@H](O)[C@H](CO)NC(=O)CCCCCCCCCCCCCCCCCCCCCCCCCCCCCCCCO. The Morgan fingerprint density at radius 2 is 0.719 bits per heavy atom. The number of aliphatic hydroxyl groups excluding tert-OH is 4. The fraction of sp³-hybridized carbons (Fsp3) is 0.941. The quantitative estimate of drug-likeness (QED) is 0.0311. The van der Waals surface area contributed by atoms with E-state index in [-0.39, 0.29) is 12.5 Å². The average Bonchev–Trinajstić information content (AvgIpc) is 3.21. The molecule has 0 aromatic rings. The van der Waals surface area contributed by atoms with Crippen LogP contribution in [0, 0.1) is 0 Å². The summed E-state index contributed by atoms with van der Waals surface area (Å²) in [7, 11) is 0. The molecule has 6 nitrogen and oxygen atoms in total. The van der Waals surface area contributed by atoms with Gasteiger partial charge in [-0.2, -0.15) is 0 Å². The first-order chi connectivity index (χ1) is 28.0. The van der Waals surface area contributed by atoms with Crippen molar-refractivity contribution in [2.24, 2.45) is 0 Å². The molecule has 340 valence electrons. The van der Waals surface area contributed by atoms with Gasteiger partial charge in [-0.1, -0.05) is 263 Å². The van der Waals surface area contributed by atoms with Crippen molar-refractivity contribution >= 4 is 5.91 Å². The molecule has 0 saturated carbocycles. The van der Waals surface area contributed by atoms with Gasteiger partial charge in [0, 0.05) is 13.0 Å². The third-order valence-electron chi connectivity index (χ3n) is 12.2. The second-order valence-electron chi connectivity index (χ2n) is 17.9. The van der Waals surface area contributed by atoms with E-state index in [0.29, 0.717) is 19.4 Å². The van der Waals surface area contributed by atoms with Gasteiger partial charge in [0.05, 0.1) is 24.9 Å². The number of unbranched alkanes of at least 4 members (excludes halogenated alkanes) is 38. The van der Waals surface area contributed by atoms with Crippen LogP contribution in [-0.4, -0.2) is 57.8 Å². The molecule has 0 radical (unpaired) electrons. The maximum atomic E-state index is 12.4. The van der Waals surface area contributed by atoms with Crippen LogP contribution in [0.2, 0.25) is 0 Å². The molecule has 0 heterocycles. The van der Waals surface area contributed by atoms with Gasteiger partial charge in [-0.05, 0) is 19.3 Å². The molecule has 6 heteroatoms. The van der Waals surface area contributed by atoms with Crippen molar-refractivity contribution in [2.45, 2.75) is 295 Å². The summed E-state index contributed by atoms with van der Waals surface area (Å²) in [5.41, 5.74) is 0. The lowest BCUT2D eigenvalue weighted by molar-refractivity contribution is -0.123. The highest BCUT2D eigenvalue weighted by atomic mass is 16.3. The largest absolute Gasteiger partial charge is 0.396 e. The second-order valence-corrected chi connectivity index (χ2v) is 17.9. The molecular weight excluding hydrogens is 707 g/mol. The molecule has 0 aromatic carbocycles. The molecule has 0 aliphatic carbocycles.